The van der Waals surface area contributed by atoms with Crippen LogP contribution in [0.3, 0.4) is 0 Å². The quantitative estimate of drug-likeness (QED) is 0.776. The van der Waals surface area contributed by atoms with Gasteiger partial charge >= 0.3 is 0 Å². The number of imidazole rings is 1. The van der Waals surface area contributed by atoms with Crippen LogP contribution in [0, 0.1) is 16.7 Å². The van der Waals surface area contributed by atoms with Gasteiger partial charge in [-0.3, -0.25) is 4.98 Å². The lowest BCUT2D eigenvalue weighted by atomic mass is 9.65. The molecule has 15 heavy (non-hydrogen) atoms. The van der Waals surface area contributed by atoms with Crippen LogP contribution < -0.4 is 4.98 Å². The summed E-state index contributed by atoms with van der Waals surface area (Å²) in [5.41, 5.74) is 1.97. The third-order valence-electron chi connectivity index (χ3n) is 3.11. The molecule has 0 unspecified atom stereocenters. The van der Waals surface area contributed by atoms with Crippen LogP contribution >= 0.6 is 0 Å². The number of aromatic amines is 2. The lowest BCUT2D eigenvalue weighted by molar-refractivity contribution is -0.376. The largest absolute Gasteiger partial charge is 0.250 e. The predicted molar refractivity (Wildman–Crippen MR) is 63.5 cm³/mol. The van der Waals surface area contributed by atoms with Crippen LogP contribution in [0.4, 0.5) is 0 Å². The van der Waals surface area contributed by atoms with Crippen LogP contribution in [0.25, 0.3) is 0 Å². The standard InChI is InChI=1S/C13H24N2/c1-12(2,3)11(13(4,5)6)7-10-8-14-9-15-10/h8-9,11H,7H2,1-6H3,(H,14,15)/p+1. The second kappa shape index (κ2) is 3.99. The Hall–Kier alpha value is -0.790. The summed E-state index contributed by atoms with van der Waals surface area (Å²) in [6.45, 7) is 14.0. The second-order valence-corrected chi connectivity index (χ2v) is 6.61. The van der Waals surface area contributed by atoms with Crippen molar-refractivity contribution in [1.82, 2.24) is 4.98 Å². The Kier molecular flexibility index (Phi) is 3.27. The molecule has 0 saturated heterocycles. The first-order valence-corrected chi connectivity index (χ1v) is 5.74. The average molecular weight is 209 g/mol. The Bertz CT molecular complexity index is 271. The first-order valence-electron chi connectivity index (χ1n) is 5.74. The molecule has 2 N–H and O–H groups in total. The van der Waals surface area contributed by atoms with E-state index < -0.39 is 0 Å². The van der Waals surface area contributed by atoms with Gasteiger partial charge in [0, 0.05) is 6.42 Å². The summed E-state index contributed by atoms with van der Waals surface area (Å²) in [6.07, 6.45) is 5.05. The molecule has 0 bridgehead atoms. The minimum absolute atomic E-state index is 0.337. The molecule has 0 radical (unpaired) electrons. The third-order valence-corrected chi connectivity index (χ3v) is 3.11. The normalized spacial score (nSPS) is 13.5. The molecule has 0 atom stereocenters. The Morgan fingerprint density at radius 3 is 2.00 bits per heavy atom. The Morgan fingerprint density at radius 1 is 1.13 bits per heavy atom. The van der Waals surface area contributed by atoms with E-state index in [0.717, 1.165) is 6.42 Å². The SMILES string of the molecule is CC(C)(C)C(Cc1c[nH+]c[nH]1)C(C)(C)C. The van der Waals surface area contributed by atoms with Crippen molar-refractivity contribution in [3.63, 3.8) is 0 Å². The van der Waals surface area contributed by atoms with Crippen LogP contribution in [0.1, 0.15) is 47.2 Å². The number of hydrogen-bond acceptors (Lipinski definition) is 0. The van der Waals surface area contributed by atoms with Gasteiger partial charge in [-0.1, -0.05) is 41.5 Å². The lowest BCUT2D eigenvalue weighted by Crippen LogP contribution is -2.34. The molecule has 0 spiro atoms. The average Bonchev–Trinajstić information content (AvgIpc) is 2.46. The summed E-state index contributed by atoms with van der Waals surface area (Å²) in [7, 11) is 0. The van der Waals surface area contributed by atoms with Crippen LogP contribution in [0.15, 0.2) is 12.5 Å². The molecule has 0 aliphatic rings. The van der Waals surface area contributed by atoms with Crippen molar-refractivity contribution in [1.29, 1.82) is 0 Å². The smallest absolute Gasteiger partial charge is 0.239 e. The number of hydrogen-bond donors (Lipinski definition) is 1. The molecule has 0 amide bonds. The minimum Gasteiger partial charge on any atom is -0.250 e. The second-order valence-electron chi connectivity index (χ2n) is 6.61. The van der Waals surface area contributed by atoms with Gasteiger partial charge < -0.3 is 0 Å². The van der Waals surface area contributed by atoms with E-state index in [1.54, 1.807) is 0 Å². The zero-order valence-corrected chi connectivity index (χ0v) is 10.9. The molecule has 1 aromatic rings. The van der Waals surface area contributed by atoms with Crippen molar-refractivity contribution in [3.05, 3.63) is 18.2 Å². The van der Waals surface area contributed by atoms with Crippen molar-refractivity contribution < 1.29 is 4.98 Å². The number of nitrogens with one attached hydrogen (secondary N) is 2. The highest BCUT2D eigenvalue weighted by molar-refractivity contribution is 4.97. The summed E-state index contributed by atoms with van der Waals surface area (Å²) >= 11 is 0. The Balaban J connectivity index is 2.84. The maximum atomic E-state index is 3.26. The highest BCUT2D eigenvalue weighted by atomic mass is 14.9. The Morgan fingerprint density at radius 2 is 1.67 bits per heavy atom. The number of aromatic nitrogens is 2. The van der Waals surface area contributed by atoms with E-state index in [2.05, 4.69) is 57.7 Å². The fraction of sp³-hybridized carbons (Fsp3) is 0.769. The fourth-order valence-electron chi connectivity index (χ4n) is 2.57. The van der Waals surface area contributed by atoms with Crippen molar-refractivity contribution >= 4 is 0 Å². The zero-order chi connectivity index (χ0) is 11.7. The van der Waals surface area contributed by atoms with Crippen LogP contribution in [-0.2, 0) is 6.42 Å². The van der Waals surface area contributed by atoms with Gasteiger partial charge in [-0.05, 0) is 16.7 Å². The third kappa shape index (κ3) is 3.37. The van der Waals surface area contributed by atoms with Crippen molar-refractivity contribution in [2.75, 3.05) is 0 Å². The van der Waals surface area contributed by atoms with Crippen molar-refractivity contribution in [3.8, 4) is 0 Å². The molecule has 2 heteroatoms. The topological polar surface area (TPSA) is 29.9 Å². The van der Waals surface area contributed by atoms with Crippen molar-refractivity contribution in [2.45, 2.75) is 48.0 Å². The molecule has 2 nitrogen and oxygen atoms in total. The van der Waals surface area contributed by atoms with Gasteiger partial charge in [0.1, 0.15) is 11.9 Å². The van der Waals surface area contributed by atoms with E-state index in [9.17, 15) is 0 Å². The number of rotatable bonds is 2. The molecule has 0 aromatic carbocycles. The summed E-state index contributed by atoms with van der Waals surface area (Å²) in [5, 5.41) is 0. The van der Waals surface area contributed by atoms with E-state index in [1.807, 2.05) is 6.33 Å². The predicted octanol–water partition coefficient (Wildman–Crippen LogP) is 3.08. The van der Waals surface area contributed by atoms with Crippen molar-refractivity contribution in [2.24, 2.45) is 16.7 Å². The van der Waals surface area contributed by atoms with Crippen LogP contribution in [0.2, 0.25) is 0 Å². The van der Waals surface area contributed by atoms with Crippen LogP contribution in [0.5, 0.6) is 0 Å². The Labute approximate surface area is 93.5 Å². The number of H-pyrrole nitrogens is 2. The summed E-state index contributed by atoms with van der Waals surface area (Å²) < 4.78 is 0. The van der Waals surface area contributed by atoms with Gasteiger partial charge in [0.2, 0.25) is 6.33 Å². The van der Waals surface area contributed by atoms with E-state index in [-0.39, 0.29) is 0 Å². The summed E-state index contributed by atoms with van der Waals surface area (Å²) in [4.78, 5) is 6.34. The molecule has 1 aromatic heterocycles. The van der Waals surface area contributed by atoms with Gasteiger partial charge in [-0.15, -0.1) is 0 Å². The molecule has 0 aliphatic heterocycles. The zero-order valence-electron chi connectivity index (χ0n) is 10.9. The van der Waals surface area contributed by atoms with Gasteiger partial charge in [0.25, 0.3) is 0 Å². The monoisotopic (exact) mass is 209 g/mol. The van der Waals surface area contributed by atoms with E-state index in [4.69, 9.17) is 0 Å². The van der Waals surface area contributed by atoms with E-state index in [1.165, 1.54) is 5.69 Å². The minimum atomic E-state index is 0.337. The molecular weight excluding hydrogens is 184 g/mol. The summed E-state index contributed by atoms with van der Waals surface area (Å²) in [6, 6.07) is 0. The van der Waals surface area contributed by atoms with Crippen LogP contribution in [-0.4, -0.2) is 4.98 Å². The molecule has 86 valence electrons. The first kappa shape index (κ1) is 12.3. The highest BCUT2D eigenvalue weighted by Crippen LogP contribution is 2.41. The maximum absolute atomic E-state index is 3.26. The van der Waals surface area contributed by atoms with E-state index >= 15 is 0 Å². The molecule has 1 rings (SSSR count). The summed E-state index contributed by atoms with van der Waals surface area (Å²) in [5.74, 6) is 0.664. The lowest BCUT2D eigenvalue weighted by Gasteiger charge is -2.40. The van der Waals surface area contributed by atoms with Gasteiger partial charge in [0.05, 0.1) is 0 Å². The maximum Gasteiger partial charge on any atom is 0.239 e. The molecule has 0 aliphatic carbocycles. The molecule has 0 saturated carbocycles. The fourth-order valence-corrected chi connectivity index (χ4v) is 2.57. The van der Waals surface area contributed by atoms with Gasteiger partial charge in [0.15, 0.2) is 0 Å². The van der Waals surface area contributed by atoms with Gasteiger partial charge in [-0.2, -0.15) is 0 Å². The van der Waals surface area contributed by atoms with Gasteiger partial charge in [-0.25, -0.2) is 4.98 Å². The first-order chi connectivity index (χ1) is 6.71. The molecule has 0 fully saturated rings. The van der Waals surface area contributed by atoms with E-state index in [0.29, 0.717) is 16.7 Å². The molecule has 1 heterocycles. The molecular formula is C13H25N2+. The highest BCUT2D eigenvalue weighted by Gasteiger charge is 2.35.